The number of aryl methyl sites for hydroxylation is 1. The van der Waals surface area contributed by atoms with Crippen LogP contribution in [0.3, 0.4) is 0 Å². The molecule has 1 heterocycles. The minimum Gasteiger partial charge on any atom is -0.484 e. The lowest BCUT2D eigenvalue weighted by Gasteiger charge is -2.41. The lowest BCUT2D eigenvalue weighted by atomic mass is 9.77. The van der Waals surface area contributed by atoms with E-state index in [0.717, 1.165) is 41.6 Å². The van der Waals surface area contributed by atoms with Gasteiger partial charge in [-0.2, -0.15) is 0 Å². The van der Waals surface area contributed by atoms with E-state index < -0.39 is 5.60 Å². The summed E-state index contributed by atoms with van der Waals surface area (Å²) in [5.41, 5.74) is 1.38. The Labute approximate surface area is 124 Å². The van der Waals surface area contributed by atoms with Crippen molar-refractivity contribution in [2.45, 2.75) is 38.2 Å². The molecule has 0 amide bonds. The molecule has 4 heteroatoms. The minimum atomic E-state index is -0.424. The van der Waals surface area contributed by atoms with Crippen LogP contribution in [0, 0.1) is 6.92 Å². The molecule has 0 radical (unpaired) electrons. The Morgan fingerprint density at radius 3 is 2.76 bits per heavy atom. The van der Waals surface area contributed by atoms with E-state index in [0.29, 0.717) is 6.42 Å². The van der Waals surface area contributed by atoms with E-state index in [4.69, 9.17) is 9.47 Å². The number of aromatic nitrogens is 1. The van der Waals surface area contributed by atoms with Crippen molar-refractivity contribution in [3.05, 3.63) is 36.0 Å². The Bertz CT molecular complexity index is 677. The molecule has 0 aliphatic heterocycles. The fourth-order valence-corrected chi connectivity index (χ4v) is 2.75. The van der Waals surface area contributed by atoms with Crippen LogP contribution in [-0.2, 0) is 9.53 Å². The van der Waals surface area contributed by atoms with E-state index in [1.165, 1.54) is 7.11 Å². The first-order chi connectivity index (χ1) is 10.1. The zero-order chi connectivity index (χ0) is 14.9. The maximum absolute atomic E-state index is 11.6. The van der Waals surface area contributed by atoms with Crippen LogP contribution in [0.1, 0.15) is 31.4 Å². The van der Waals surface area contributed by atoms with Crippen molar-refractivity contribution in [3.8, 4) is 5.75 Å². The number of hydrogen-bond acceptors (Lipinski definition) is 4. The Balaban J connectivity index is 1.93. The van der Waals surface area contributed by atoms with Crippen LogP contribution in [0.4, 0.5) is 0 Å². The number of methoxy groups -OCH3 is 1. The van der Waals surface area contributed by atoms with Crippen LogP contribution >= 0.6 is 0 Å². The highest BCUT2D eigenvalue weighted by Crippen LogP contribution is 2.41. The first-order valence-corrected chi connectivity index (χ1v) is 7.24. The highest BCUT2D eigenvalue weighted by Gasteiger charge is 2.42. The summed E-state index contributed by atoms with van der Waals surface area (Å²) in [6, 6.07) is 9.92. The van der Waals surface area contributed by atoms with E-state index in [1.54, 1.807) is 0 Å². The molecule has 0 bridgehead atoms. The number of ether oxygens (including phenoxy) is 2. The number of benzene rings is 1. The number of nitrogens with zero attached hydrogens (tertiary/aromatic N) is 1. The van der Waals surface area contributed by atoms with Gasteiger partial charge in [-0.05, 0) is 38.3 Å². The Morgan fingerprint density at radius 2 is 2.10 bits per heavy atom. The van der Waals surface area contributed by atoms with Gasteiger partial charge in [0, 0.05) is 11.1 Å². The number of carbonyl (C=O) groups is 1. The predicted octanol–water partition coefficient (Wildman–Crippen LogP) is 3.41. The van der Waals surface area contributed by atoms with Crippen molar-refractivity contribution in [2.24, 2.45) is 0 Å². The fraction of sp³-hybridized carbons (Fsp3) is 0.412. The second kappa shape index (κ2) is 5.35. The SMILES string of the molecule is COC(=O)CC1(Oc2cccc3ccc(C)nc23)CCC1. The van der Waals surface area contributed by atoms with E-state index >= 15 is 0 Å². The van der Waals surface area contributed by atoms with E-state index in [1.807, 2.05) is 37.3 Å². The lowest BCUT2D eigenvalue weighted by Crippen LogP contribution is -2.45. The summed E-state index contributed by atoms with van der Waals surface area (Å²) in [4.78, 5) is 16.2. The van der Waals surface area contributed by atoms with Gasteiger partial charge < -0.3 is 9.47 Å². The molecule has 2 aromatic rings. The van der Waals surface area contributed by atoms with Gasteiger partial charge in [0.1, 0.15) is 16.9 Å². The van der Waals surface area contributed by atoms with Gasteiger partial charge in [0.25, 0.3) is 0 Å². The second-order valence-electron chi connectivity index (χ2n) is 5.67. The number of hydrogen-bond donors (Lipinski definition) is 0. The molecule has 4 nitrogen and oxygen atoms in total. The average molecular weight is 285 g/mol. The molecule has 1 saturated carbocycles. The van der Waals surface area contributed by atoms with Crippen molar-refractivity contribution in [2.75, 3.05) is 7.11 Å². The Kier molecular flexibility index (Phi) is 3.53. The number of para-hydroxylation sites is 1. The van der Waals surface area contributed by atoms with Gasteiger partial charge in [0.15, 0.2) is 0 Å². The molecule has 1 aromatic heterocycles. The van der Waals surface area contributed by atoms with Crippen molar-refractivity contribution >= 4 is 16.9 Å². The quantitative estimate of drug-likeness (QED) is 0.808. The third-order valence-electron chi connectivity index (χ3n) is 4.11. The molecule has 1 aliphatic carbocycles. The first kappa shape index (κ1) is 13.9. The zero-order valence-corrected chi connectivity index (χ0v) is 12.4. The molecule has 1 fully saturated rings. The van der Waals surface area contributed by atoms with Gasteiger partial charge in [0.2, 0.25) is 0 Å². The van der Waals surface area contributed by atoms with E-state index in [9.17, 15) is 4.79 Å². The number of fused-ring (bicyclic) bond motifs is 1. The van der Waals surface area contributed by atoms with E-state index in [-0.39, 0.29) is 5.97 Å². The maximum atomic E-state index is 11.6. The molecule has 1 aliphatic rings. The molecule has 21 heavy (non-hydrogen) atoms. The molecule has 0 saturated heterocycles. The maximum Gasteiger partial charge on any atom is 0.309 e. The summed E-state index contributed by atoms with van der Waals surface area (Å²) in [6.45, 7) is 1.96. The molecular formula is C17H19NO3. The molecule has 0 N–H and O–H groups in total. The summed E-state index contributed by atoms with van der Waals surface area (Å²) in [6.07, 6.45) is 3.13. The molecule has 0 atom stereocenters. The number of esters is 1. The second-order valence-corrected chi connectivity index (χ2v) is 5.67. The van der Waals surface area contributed by atoms with Crippen molar-refractivity contribution < 1.29 is 14.3 Å². The van der Waals surface area contributed by atoms with Crippen LogP contribution in [0.2, 0.25) is 0 Å². The predicted molar refractivity (Wildman–Crippen MR) is 80.3 cm³/mol. The normalized spacial score (nSPS) is 16.3. The van der Waals surface area contributed by atoms with Crippen molar-refractivity contribution in [1.29, 1.82) is 0 Å². The number of carbonyl (C=O) groups excluding carboxylic acids is 1. The van der Waals surface area contributed by atoms with Crippen LogP contribution in [-0.4, -0.2) is 23.7 Å². The van der Waals surface area contributed by atoms with E-state index in [2.05, 4.69) is 4.98 Å². The van der Waals surface area contributed by atoms with Crippen molar-refractivity contribution in [1.82, 2.24) is 4.98 Å². The lowest BCUT2D eigenvalue weighted by molar-refractivity contribution is -0.148. The van der Waals surface area contributed by atoms with Gasteiger partial charge in [-0.15, -0.1) is 0 Å². The molecule has 0 unspecified atom stereocenters. The first-order valence-electron chi connectivity index (χ1n) is 7.24. The number of pyridine rings is 1. The van der Waals surface area contributed by atoms with Crippen LogP contribution < -0.4 is 4.74 Å². The molecule has 110 valence electrons. The standard InChI is InChI=1S/C17H19NO3/c1-12-7-8-13-5-3-6-14(16(13)18-12)21-17(9-4-10-17)11-15(19)20-2/h3,5-8H,4,9-11H2,1-2H3. The largest absolute Gasteiger partial charge is 0.484 e. The summed E-state index contributed by atoms with van der Waals surface area (Å²) in [7, 11) is 1.41. The Morgan fingerprint density at radius 1 is 1.29 bits per heavy atom. The summed E-state index contributed by atoms with van der Waals surface area (Å²) in [5.74, 6) is 0.527. The monoisotopic (exact) mass is 285 g/mol. The highest BCUT2D eigenvalue weighted by molar-refractivity contribution is 5.84. The topological polar surface area (TPSA) is 48.4 Å². The van der Waals surface area contributed by atoms with Crippen LogP contribution in [0.25, 0.3) is 10.9 Å². The average Bonchev–Trinajstić information content (AvgIpc) is 2.45. The van der Waals surface area contributed by atoms with Gasteiger partial charge in [-0.1, -0.05) is 18.2 Å². The van der Waals surface area contributed by atoms with Crippen LogP contribution in [0.5, 0.6) is 5.75 Å². The smallest absolute Gasteiger partial charge is 0.309 e. The van der Waals surface area contributed by atoms with Gasteiger partial charge in [0.05, 0.1) is 13.5 Å². The third kappa shape index (κ3) is 2.71. The summed E-state index contributed by atoms with van der Waals surface area (Å²) in [5, 5.41) is 1.05. The molecule has 3 rings (SSSR count). The Hall–Kier alpha value is -2.10. The van der Waals surface area contributed by atoms with Gasteiger partial charge >= 0.3 is 5.97 Å². The molecule has 1 aromatic carbocycles. The molecular weight excluding hydrogens is 266 g/mol. The summed E-state index contributed by atoms with van der Waals surface area (Å²) >= 11 is 0. The molecule has 0 spiro atoms. The third-order valence-corrected chi connectivity index (χ3v) is 4.11. The highest BCUT2D eigenvalue weighted by atomic mass is 16.5. The van der Waals surface area contributed by atoms with Gasteiger partial charge in [-0.3, -0.25) is 4.79 Å². The fourth-order valence-electron chi connectivity index (χ4n) is 2.75. The minimum absolute atomic E-state index is 0.223. The van der Waals surface area contributed by atoms with Crippen LogP contribution in [0.15, 0.2) is 30.3 Å². The van der Waals surface area contributed by atoms with Crippen molar-refractivity contribution in [3.63, 3.8) is 0 Å². The summed E-state index contributed by atoms with van der Waals surface area (Å²) < 4.78 is 11.0. The van der Waals surface area contributed by atoms with Gasteiger partial charge in [-0.25, -0.2) is 4.98 Å². The number of rotatable bonds is 4. The zero-order valence-electron chi connectivity index (χ0n) is 12.4.